The van der Waals surface area contributed by atoms with E-state index < -0.39 is 6.43 Å². The third-order valence-corrected chi connectivity index (χ3v) is 4.95. The summed E-state index contributed by atoms with van der Waals surface area (Å²) in [5.74, 6) is 1.07. The van der Waals surface area contributed by atoms with Crippen LogP contribution in [0.5, 0.6) is 0 Å². The van der Waals surface area contributed by atoms with Crippen molar-refractivity contribution in [1.29, 1.82) is 0 Å². The monoisotopic (exact) mass is 387 g/mol. The number of anilines is 1. The van der Waals surface area contributed by atoms with Crippen molar-refractivity contribution in [3.8, 4) is 11.5 Å². The first-order valence-corrected chi connectivity index (χ1v) is 8.73. The number of alkyl halides is 2. The van der Waals surface area contributed by atoms with Crippen LogP contribution in [0, 0.1) is 0 Å². The smallest absolute Gasteiger partial charge is 0.410 e. The number of nitrogens with zero attached hydrogens (tertiary/aromatic N) is 7. The van der Waals surface area contributed by atoms with E-state index in [0.29, 0.717) is 49.2 Å². The molecule has 2 aliphatic heterocycles. The molecule has 0 aliphatic carbocycles. The highest BCUT2D eigenvalue weighted by atomic mass is 19.3. The van der Waals surface area contributed by atoms with Crippen LogP contribution in [0.4, 0.5) is 19.4 Å². The number of piperazine rings is 1. The van der Waals surface area contributed by atoms with Gasteiger partial charge in [-0.2, -0.15) is 0 Å². The van der Waals surface area contributed by atoms with Crippen molar-refractivity contribution < 1.29 is 18.3 Å². The molecule has 5 rings (SSSR count). The minimum Gasteiger partial charge on any atom is -0.447 e. The van der Waals surface area contributed by atoms with E-state index in [-0.39, 0.29) is 17.8 Å². The molecule has 1 amide bonds. The van der Waals surface area contributed by atoms with E-state index in [2.05, 4.69) is 24.8 Å². The van der Waals surface area contributed by atoms with E-state index in [0.717, 1.165) is 0 Å². The van der Waals surface area contributed by atoms with Crippen molar-refractivity contribution in [3.05, 3.63) is 36.5 Å². The van der Waals surface area contributed by atoms with Gasteiger partial charge in [-0.15, -0.1) is 0 Å². The van der Waals surface area contributed by atoms with Crippen LogP contribution in [-0.4, -0.2) is 67.6 Å². The van der Waals surface area contributed by atoms with Gasteiger partial charge in [0.05, 0.1) is 18.4 Å². The first-order chi connectivity index (χ1) is 13.6. The van der Waals surface area contributed by atoms with E-state index in [1.54, 1.807) is 17.2 Å². The molecule has 2 fully saturated rings. The molecule has 1 unspecified atom stereocenters. The summed E-state index contributed by atoms with van der Waals surface area (Å²) in [7, 11) is 0. The van der Waals surface area contributed by atoms with Crippen LogP contribution in [0.2, 0.25) is 0 Å². The maximum absolute atomic E-state index is 13.0. The van der Waals surface area contributed by atoms with Crippen LogP contribution in [-0.2, 0) is 4.74 Å². The molecule has 2 aliphatic rings. The lowest BCUT2D eigenvalue weighted by molar-refractivity contribution is 0.145. The maximum atomic E-state index is 13.0. The van der Waals surface area contributed by atoms with E-state index in [1.165, 1.54) is 23.0 Å². The van der Waals surface area contributed by atoms with Gasteiger partial charge in [-0.1, -0.05) is 0 Å². The quantitative estimate of drug-likeness (QED) is 0.677. The van der Waals surface area contributed by atoms with Crippen LogP contribution in [0.1, 0.15) is 12.1 Å². The molecule has 0 bridgehead atoms. The minimum absolute atomic E-state index is 0.00450. The normalized spacial score (nSPS) is 19.4. The van der Waals surface area contributed by atoms with Gasteiger partial charge in [0.1, 0.15) is 23.8 Å². The number of cyclic esters (lactones) is 1. The van der Waals surface area contributed by atoms with Crippen molar-refractivity contribution in [2.75, 3.05) is 31.1 Å². The predicted molar refractivity (Wildman–Crippen MR) is 93.0 cm³/mol. The Labute approximate surface area is 157 Å². The largest absolute Gasteiger partial charge is 0.447 e. The zero-order chi connectivity index (χ0) is 19.3. The van der Waals surface area contributed by atoms with Gasteiger partial charge in [-0.3, -0.25) is 9.30 Å². The number of ether oxygens (including phenoxy) is 1. The first kappa shape index (κ1) is 16.8. The fourth-order valence-corrected chi connectivity index (χ4v) is 3.53. The van der Waals surface area contributed by atoms with Gasteiger partial charge in [0.25, 0.3) is 6.43 Å². The summed E-state index contributed by atoms with van der Waals surface area (Å²) in [6, 6.07) is 1.78. The number of carbonyl (C=O) groups is 1. The van der Waals surface area contributed by atoms with Crippen LogP contribution < -0.4 is 4.90 Å². The standard InChI is InChI=1S/C17H15F2N7O2/c18-15(19)11-8-26-12(5-22-14(26)6-21-11)16-20-2-1-13(23-16)24-3-4-25-10(7-24)9-28-17(25)27/h1-2,5-6,8,10,15H,3-4,7,9H2. The lowest BCUT2D eigenvalue weighted by Crippen LogP contribution is -2.52. The van der Waals surface area contributed by atoms with Crippen molar-refractivity contribution in [3.63, 3.8) is 0 Å². The topological polar surface area (TPSA) is 88.8 Å². The lowest BCUT2D eigenvalue weighted by atomic mass is 10.2. The number of amides is 1. The van der Waals surface area contributed by atoms with Gasteiger partial charge in [0, 0.05) is 32.0 Å². The van der Waals surface area contributed by atoms with Crippen LogP contribution in [0.15, 0.2) is 30.9 Å². The molecule has 1 atom stereocenters. The fourth-order valence-electron chi connectivity index (χ4n) is 3.53. The van der Waals surface area contributed by atoms with Crippen molar-refractivity contribution >= 4 is 17.6 Å². The van der Waals surface area contributed by atoms with Crippen molar-refractivity contribution in [1.82, 2.24) is 29.2 Å². The zero-order valence-electron chi connectivity index (χ0n) is 14.6. The van der Waals surface area contributed by atoms with Gasteiger partial charge in [0.15, 0.2) is 11.5 Å². The van der Waals surface area contributed by atoms with Crippen molar-refractivity contribution in [2.45, 2.75) is 12.5 Å². The van der Waals surface area contributed by atoms with E-state index in [1.807, 2.05) is 0 Å². The number of fused-ring (bicyclic) bond motifs is 2. The van der Waals surface area contributed by atoms with Crippen LogP contribution in [0.25, 0.3) is 17.2 Å². The molecule has 0 radical (unpaired) electrons. The Morgan fingerprint density at radius 2 is 2.07 bits per heavy atom. The number of halogens is 2. The molecule has 28 heavy (non-hydrogen) atoms. The molecule has 11 heteroatoms. The summed E-state index contributed by atoms with van der Waals surface area (Å²) in [6.07, 6.45) is 2.74. The lowest BCUT2D eigenvalue weighted by Gasteiger charge is -2.36. The third-order valence-electron chi connectivity index (χ3n) is 4.95. The molecule has 0 saturated carbocycles. The first-order valence-electron chi connectivity index (χ1n) is 8.73. The van der Waals surface area contributed by atoms with Crippen molar-refractivity contribution in [2.24, 2.45) is 0 Å². The van der Waals surface area contributed by atoms with E-state index in [4.69, 9.17) is 4.74 Å². The Morgan fingerprint density at radius 3 is 2.93 bits per heavy atom. The molecule has 0 aromatic carbocycles. The van der Waals surface area contributed by atoms with Gasteiger partial charge < -0.3 is 9.64 Å². The molecular formula is C17H15F2N7O2. The van der Waals surface area contributed by atoms with Gasteiger partial charge in [-0.25, -0.2) is 33.5 Å². The highest BCUT2D eigenvalue weighted by Crippen LogP contribution is 2.25. The Kier molecular flexibility index (Phi) is 3.81. The fraction of sp³-hybridized carbons (Fsp3) is 0.353. The number of hydrogen-bond acceptors (Lipinski definition) is 7. The third kappa shape index (κ3) is 2.70. The number of carbonyl (C=O) groups excluding carboxylic acids is 1. The summed E-state index contributed by atoms with van der Waals surface area (Å²) in [5, 5.41) is 0. The Bertz CT molecular complexity index is 1060. The molecule has 144 valence electrons. The number of aromatic nitrogens is 5. The second kappa shape index (κ2) is 6.36. The Morgan fingerprint density at radius 1 is 1.18 bits per heavy atom. The minimum atomic E-state index is -2.68. The SMILES string of the molecule is O=C1OCC2CN(c3ccnc(-c4cnc5cnc(C(F)F)cn45)n3)CCN12. The van der Waals surface area contributed by atoms with Crippen LogP contribution in [0.3, 0.4) is 0 Å². The summed E-state index contributed by atoms with van der Waals surface area (Å²) < 4.78 is 32.6. The van der Waals surface area contributed by atoms with Gasteiger partial charge in [0.2, 0.25) is 0 Å². The molecule has 0 spiro atoms. The molecule has 3 aromatic heterocycles. The highest BCUT2D eigenvalue weighted by molar-refractivity contribution is 5.71. The molecule has 3 aromatic rings. The molecule has 2 saturated heterocycles. The average molecular weight is 387 g/mol. The predicted octanol–water partition coefficient (Wildman–Crippen LogP) is 1.76. The van der Waals surface area contributed by atoms with Crippen LogP contribution >= 0.6 is 0 Å². The number of imidazole rings is 1. The molecule has 0 N–H and O–H groups in total. The molecule has 9 nitrogen and oxygen atoms in total. The Balaban J connectivity index is 1.47. The van der Waals surface area contributed by atoms with E-state index >= 15 is 0 Å². The molecule has 5 heterocycles. The van der Waals surface area contributed by atoms with E-state index in [9.17, 15) is 13.6 Å². The summed E-state index contributed by atoms with van der Waals surface area (Å²) in [5.41, 5.74) is 0.590. The zero-order valence-corrected chi connectivity index (χ0v) is 14.6. The summed E-state index contributed by atoms with van der Waals surface area (Å²) >= 11 is 0. The second-order valence-electron chi connectivity index (χ2n) is 6.59. The van der Waals surface area contributed by atoms with Gasteiger partial charge >= 0.3 is 6.09 Å². The number of rotatable bonds is 3. The Hall–Kier alpha value is -3.37. The maximum Gasteiger partial charge on any atom is 0.410 e. The molecular weight excluding hydrogens is 372 g/mol. The average Bonchev–Trinajstić information content (AvgIpc) is 3.31. The highest BCUT2D eigenvalue weighted by Gasteiger charge is 2.37. The summed E-state index contributed by atoms with van der Waals surface area (Å²) in [4.78, 5) is 32.2. The number of hydrogen-bond donors (Lipinski definition) is 0. The second-order valence-corrected chi connectivity index (χ2v) is 6.59. The summed E-state index contributed by atoms with van der Waals surface area (Å²) in [6.45, 7) is 2.15. The van der Waals surface area contributed by atoms with Gasteiger partial charge in [-0.05, 0) is 6.07 Å².